The highest BCUT2D eigenvalue weighted by Gasteiger charge is 2.20. The summed E-state index contributed by atoms with van der Waals surface area (Å²) in [4.78, 5) is 0. The second-order valence-corrected chi connectivity index (χ2v) is 5.44. The van der Waals surface area contributed by atoms with E-state index in [-0.39, 0.29) is 6.10 Å². The zero-order valence-corrected chi connectivity index (χ0v) is 11.3. The molecule has 2 rings (SSSR count). The summed E-state index contributed by atoms with van der Waals surface area (Å²) in [5, 5.41) is 14.0. The van der Waals surface area contributed by atoms with Gasteiger partial charge in [0, 0.05) is 13.0 Å². The molecule has 5 heteroatoms. The van der Waals surface area contributed by atoms with E-state index in [9.17, 15) is 0 Å². The van der Waals surface area contributed by atoms with Crippen LogP contribution in [0.25, 0.3) is 0 Å². The Morgan fingerprint density at radius 1 is 1.41 bits per heavy atom. The van der Waals surface area contributed by atoms with Crippen molar-refractivity contribution in [1.29, 1.82) is 0 Å². The van der Waals surface area contributed by atoms with Crippen molar-refractivity contribution < 1.29 is 4.74 Å². The van der Waals surface area contributed by atoms with Crippen molar-refractivity contribution >= 4 is 11.3 Å². The van der Waals surface area contributed by atoms with E-state index >= 15 is 0 Å². The molecule has 1 aliphatic heterocycles. The average Bonchev–Trinajstić information content (AvgIpc) is 2.85. The maximum atomic E-state index is 5.72. The minimum atomic E-state index is 0.212. The van der Waals surface area contributed by atoms with Crippen molar-refractivity contribution in [2.75, 3.05) is 19.7 Å². The molecule has 17 heavy (non-hydrogen) atoms. The number of aryl methyl sites for hydroxylation is 1. The van der Waals surface area contributed by atoms with E-state index in [0.717, 1.165) is 49.0 Å². The fourth-order valence-electron chi connectivity index (χ4n) is 1.97. The lowest BCUT2D eigenvalue weighted by atomic mass is 10.1. The van der Waals surface area contributed by atoms with E-state index in [1.54, 1.807) is 11.3 Å². The van der Waals surface area contributed by atoms with Gasteiger partial charge in [0.2, 0.25) is 0 Å². The zero-order valence-electron chi connectivity index (χ0n) is 10.4. The Morgan fingerprint density at radius 2 is 2.35 bits per heavy atom. The predicted octanol–water partition coefficient (Wildman–Crippen LogP) is 2.32. The molecule has 1 saturated heterocycles. The molecule has 0 aliphatic carbocycles. The van der Waals surface area contributed by atoms with Crippen LogP contribution < -0.4 is 5.32 Å². The molecule has 0 amide bonds. The lowest BCUT2D eigenvalue weighted by molar-refractivity contribution is 0.0144. The first-order valence-electron chi connectivity index (χ1n) is 6.54. The Morgan fingerprint density at radius 3 is 3.12 bits per heavy atom. The third kappa shape index (κ3) is 4.01. The molecule has 0 bridgehead atoms. The van der Waals surface area contributed by atoms with Gasteiger partial charge < -0.3 is 10.1 Å². The normalized spacial score (nSPS) is 20.6. The van der Waals surface area contributed by atoms with Gasteiger partial charge in [0.05, 0.1) is 0 Å². The number of aromatic nitrogens is 2. The number of nitrogens with zero attached hydrogens (tertiary/aromatic N) is 2. The van der Waals surface area contributed by atoms with Gasteiger partial charge in [-0.3, -0.25) is 0 Å². The quantitative estimate of drug-likeness (QED) is 0.793. The Bertz CT molecular complexity index is 323. The summed E-state index contributed by atoms with van der Waals surface area (Å²) < 4.78 is 5.72. The average molecular weight is 255 g/mol. The summed E-state index contributed by atoms with van der Waals surface area (Å²) in [6.07, 6.45) is 5.91. The van der Waals surface area contributed by atoms with Crippen molar-refractivity contribution in [2.24, 2.45) is 0 Å². The van der Waals surface area contributed by atoms with Crippen LogP contribution in [0.2, 0.25) is 0 Å². The second kappa shape index (κ2) is 7.03. The molecule has 1 unspecified atom stereocenters. The van der Waals surface area contributed by atoms with E-state index in [1.165, 1.54) is 12.8 Å². The number of ether oxygens (including phenoxy) is 1. The Balaban J connectivity index is 1.78. The van der Waals surface area contributed by atoms with Gasteiger partial charge in [0.25, 0.3) is 0 Å². The molecular formula is C12H21N3OS. The van der Waals surface area contributed by atoms with E-state index < -0.39 is 0 Å². The summed E-state index contributed by atoms with van der Waals surface area (Å²) in [6, 6.07) is 0. The van der Waals surface area contributed by atoms with Crippen LogP contribution in [0.4, 0.5) is 0 Å². The number of nitrogens with one attached hydrogen (secondary N) is 1. The van der Waals surface area contributed by atoms with Crippen molar-refractivity contribution in [2.45, 2.75) is 45.1 Å². The third-order valence-corrected chi connectivity index (χ3v) is 4.01. The first-order chi connectivity index (χ1) is 8.40. The molecule has 1 N–H and O–H groups in total. The second-order valence-electron chi connectivity index (χ2n) is 4.35. The molecule has 96 valence electrons. The van der Waals surface area contributed by atoms with Gasteiger partial charge in [-0.05, 0) is 38.8 Å². The molecule has 0 radical (unpaired) electrons. The number of hydrogen-bond acceptors (Lipinski definition) is 5. The summed E-state index contributed by atoms with van der Waals surface area (Å²) in [5.74, 6) is 0. The van der Waals surface area contributed by atoms with Crippen LogP contribution in [0.5, 0.6) is 0 Å². The van der Waals surface area contributed by atoms with Gasteiger partial charge in [0.1, 0.15) is 16.1 Å². The first-order valence-corrected chi connectivity index (χ1v) is 7.36. The summed E-state index contributed by atoms with van der Waals surface area (Å²) in [6.45, 7) is 5.10. The molecule has 1 atom stereocenters. The number of rotatable bonds is 6. The highest BCUT2D eigenvalue weighted by molar-refractivity contribution is 7.11. The summed E-state index contributed by atoms with van der Waals surface area (Å²) in [5.41, 5.74) is 0. The van der Waals surface area contributed by atoms with Crippen LogP contribution in [0.1, 0.15) is 48.7 Å². The Kier molecular flexibility index (Phi) is 5.35. The maximum absolute atomic E-state index is 5.72. The van der Waals surface area contributed by atoms with Gasteiger partial charge in [-0.15, -0.1) is 10.2 Å². The van der Waals surface area contributed by atoms with Gasteiger partial charge in [-0.25, -0.2) is 0 Å². The predicted molar refractivity (Wildman–Crippen MR) is 69.3 cm³/mol. The molecular weight excluding hydrogens is 234 g/mol. The molecule has 1 aliphatic rings. The number of hydrogen-bond donors (Lipinski definition) is 1. The van der Waals surface area contributed by atoms with Crippen LogP contribution in [0.3, 0.4) is 0 Å². The molecule has 4 nitrogen and oxygen atoms in total. The minimum Gasteiger partial charge on any atom is -0.371 e. The molecule has 2 heterocycles. The van der Waals surface area contributed by atoms with Gasteiger partial charge >= 0.3 is 0 Å². The van der Waals surface area contributed by atoms with Crippen molar-refractivity contribution in [3.63, 3.8) is 0 Å². The Labute approximate surface area is 107 Å². The molecule has 0 spiro atoms. The fourth-order valence-corrected chi connectivity index (χ4v) is 2.94. The highest BCUT2D eigenvalue weighted by atomic mass is 32.1. The molecule has 1 aromatic rings. The molecule has 0 aromatic carbocycles. The topological polar surface area (TPSA) is 47.0 Å². The van der Waals surface area contributed by atoms with Crippen LogP contribution in [-0.4, -0.2) is 29.9 Å². The van der Waals surface area contributed by atoms with E-state index in [4.69, 9.17) is 4.74 Å². The van der Waals surface area contributed by atoms with Gasteiger partial charge in [-0.1, -0.05) is 18.3 Å². The van der Waals surface area contributed by atoms with E-state index in [0.29, 0.717) is 0 Å². The van der Waals surface area contributed by atoms with Crippen molar-refractivity contribution in [3.05, 3.63) is 10.0 Å². The molecule has 1 aromatic heterocycles. The smallest absolute Gasteiger partial charge is 0.146 e. The SMILES string of the molecule is CCNCCCc1nnc(C2CCCCO2)s1. The van der Waals surface area contributed by atoms with Crippen LogP contribution in [-0.2, 0) is 11.2 Å². The molecule has 1 fully saturated rings. The lowest BCUT2D eigenvalue weighted by Crippen LogP contribution is -2.14. The largest absolute Gasteiger partial charge is 0.371 e. The lowest BCUT2D eigenvalue weighted by Gasteiger charge is -2.19. The van der Waals surface area contributed by atoms with E-state index in [1.807, 2.05) is 0 Å². The summed E-state index contributed by atoms with van der Waals surface area (Å²) >= 11 is 1.72. The molecule has 0 saturated carbocycles. The van der Waals surface area contributed by atoms with Crippen molar-refractivity contribution in [3.8, 4) is 0 Å². The highest BCUT2D eigenvalue weighted by Crippen LogP contribution is 2.29. The van der Waals surface area contributed by atoms with Crippen LogP contribution >= 0.6 is 11.3 Å². The first kappa shape index (κ1) is 12.9. The summed E-state index contributed by atoms with van der Waals surface area (Å²) in [7, 11) is 0. The monoisotopic (exact) mass is 255 g/mol. The Hall–Kier alpha value is -0.520. The van der Waals surface area contributed by atoms with Crippen LogP contribution in [0.15, 0.2) is 0 Å². The standard InChI is InChI=1S/C12H21N3OS/c1-2-13-8-5-7-11-14-15-12(17-11)10-6-3-4-9-16-10/h10,13H,2-9H2,1H3. The zero-order chi connectivity index (χ0) is 11.9. The van der Waals surface area contributed by atoms with Crippen molar-refractivity contribution in [1.82, 2.24) is 15.5 Å². The minimum absolute atomic E-state index is 0.212. The third-order valence-electron chi connectivity index (χ3n) is 2.93. The van der Waals surface area contributed by atoms with Crippen LogP contribution in [0, 0.1) is 0 Å². The van der Waals surface area contributed by atoms with E-state index in [2.05, 4.69) is 22.4 Å². The van der Waals surface area contributed by atoms with Gasteiger partial charge in [0.15, 0.2) is 0 Å². The van der Waals surface area contributed by atoms with Gasteiger partial charge in [-0.2, -0.15) is 0 Å². The maximum Gasteiger partial charge on any atom is 0.146 e. The fraction of sp³-hybridized carbons (Fsp3) is 0.833.